The number of aromatic nitrogens is 2. The summed E-state index contributed by atoms with van der Waals surface area (Å²) in [4.78, 5) is 25.5. The van der Waals surface area contributed by atoms with Gasteiger partial charge >= 0.3 is 0 Å². The number of carbonyl (C=O) groups is 2. The van der Waals surface area contributed by atoms with Crippen molar-refractivity contribution in [3.05, 3.63) is 17.0 Å². The van der Waals surface area contributed by atoms with Crippen molar-refractivity contribution >= 4 is 11.8 Å². The van der Waals surface area contributed by atoms with Gasteiger partial charge in [0.05, 0.1) is 12.2 Å². The van der Waals surface area contributed by atoms with Crippen molar-refractivity contribution in [2.24, 2.45) is 12.8 Å². The second kappa shape index (κ2) is 6.94. The van der Waals surface area contributed by atoms with Crippen LogP contribution in [-0.4, -0.2) is 39.1 Å². The van der Waals surface area contributed by atoms with Gasteiger partial charge in [-0.3, -0.25) is 14.3 Å². The summed E-state index contributed by atoms with van der Waals surface area (Å²) < 4.78 is 1.84. The lowest BCUT2D eigenvalue weighted by Gasteiger charge is -2.28. The normalized spacial score (nSPS) is 15.2. The lowest BCUT2D eigenvalue weighted by Crippen LogP contribution is -2.44. The molecule has 122 valence electrons. The lowest BCUT2D eigenvalue weighted by atomic mass is 10.1. The van der Waals surface area contributed by atoms with Gasteiger partial charge in [0.1, 0.15) is 0 Å². The van der Waals surface area contributed by atoms with Crippen molar-refractivity contribution in [1.29, 1.82) is 0 Å². The van der Waals surface area contributed by atoms with E-state index in [0.717, 1.165) is 42.6 Å². The van der Waals surface area contributed by atoms with E-state index in [2.05, 4.69) is 5.10 Å². The van der Waals surface area contributed by atoms with Crippen LogP contribution in [0.25, 0.3) is 0 Å². The van der Waals surface area contributed by atoms with Crippen LogP contribution >= 0.6 is 0 Å². The fourth-order valence-electron chi connectivity index (χ4n) is 3.36. The molecule has 1 aliphatic carbocycles. The molecule has 0 aromatic carbocycles. The van der Waals surface area contributed by atoms with Crippen LogP contribution in [0.2, 0.25) is 0 Å². The Bertz CT molecular complexity index is 559. The molecule has 0 atom stereocenters. The Labute approximate surface area is 131 Å². The summed E-state index contributed by atoms with van der Waals surface area (Å²) in [5.41, 5.74) is 8.50. The van der Waals surface area contributed by atoms with E-state index in [1.165, 1.54) is 0 Å². The third-order valence-electron chi connectivity index (χ3n) is 4.66. The van der Waals surface area contributed by atoms with Crippen molar-refractivity contribution in [2.75, 3.05) is 6.54 Å². The van der Waals surface area contributed by atoms with Crippen molar-refractivity contribution in [1.82, 2.24) is 14.7 Å². The number of hydrogen-bond acceptors (Lipinski definition) is 3. The SMILES string of the molecule is Cc1nn(C)c(C)c1CCC(=O)N(CC(N)=O)C1CCCC1. The molecule has 0 radical (unpaired) electrons. The summed E-state index contributed by atoms with van der Waals surface area (Å²) in [7, 11) is 1.91. The average molecular weight is 306 g/mol. The summed E-state index contributed by atoms with van der Waals surface area (Å²) in [6, 6.07) is 0.177. The number of primary amides is 1. The molecule has 0 spiro atoms. The Morgan fingerprint density at radius 2 is 1.95 bits per heavy atom. The molecule has 6 heteroatoms. The summed E-state index contributed by atoms with van der Waals surface area (Å²) in [6.45, 7) is 4.01. The van der Waals surface area contributed by atoms with Crippen LogP contribution < -0.4 is 5.73 Å². The van der Waals surface area contributed by atoms with E-state index in [1.807, 2.05) is 25.6 Å². The molecule has 1 aromatic rings. The first-order chi connectivity index (χ1) is 10.4. The van der Waals surface area contributed by atoms with Gasteiger partial charge in [-0.05, 0) is 38.7 Å². The van der Waals surface area contributed by atoms with Gasteiger partial charge < -0.3 is 10.6 Å². The molecule has 1 aromatic heterocycles. The number of rotatable bonds is 6. The number of carbonyl (C=O) groups excluding carboxylic acids is 2. The maximum absolute atomic E-state index is 12.6. The van der Waals surface area contributed by atoms with Crippen LogP contribution in [0.1, 0.15) is 49.1 Å². The molecule has 6 nitrogen and oxygen atoms in total. The molecule has 1 heterocycles. The van der Waals surface area contributed by atoms with Gasteiger partial charge in [0.25, 0.3) is 0 Å². The predicted octanol–water partition coefficient (Wildman–Crippen LogP) is 1.23. The maximum atomic E-state index is 12.6. The number of nitrogens with two attached hydrogens (primary N) is 1. The van der Waals surface area contributed by atoms with E-state index in [0.29, 0.717) is 12.8 Å². The van der Waals surface area contributed by atoms with E-state index in [4.69, 9.17) is 5.73 Å². The third kappa shape index (κ3) is 3.67. The smallest absolute Gasteiger partial charge is 0.237 e. The number of aryl methyl sites for hydroxylation is 2. The maximum Gasteiger partial charge on any atom is 0.237 e. The van der Waals surface area contributed by atoms with Crippen LogP contribution in [0, 0.1) is 13.8 Å². The highest BCUT2D eigenvalue weighted by molar-refractivity contribution is 5.84. The largest absolute Gasteiger partial charge is 0.368 e. The van der Waals surface area contributed by atoms with E-state index in [-0.39, 0.29) is 18.5 Å². The van der Waals surface area contributed by atoms with Gasteiger partial charge in [-0.1, -0.05) is 12.8 Å². The molecule has 2 N–H and O–H groups in total. The molecule has 0 unspecified atom stereocenters. The van der Waals surface area contributed by atoms with Gasteiger partial charge in [0, 0.05) is 25.2 Å². The van der Waals surface area contributed by atoms with Crippen molar-refractivity contribution in [3.63, 3.8) is 0 Å². The monoisotopic (exact) mass is 306 g/mol. The average Bonchev–Trinajstić information content (AvgIpc) is 3.04. The van der Waals surface area contributed by atoms with Crippen LogP contribution in [-0.2, 0) is 23.1 Å². The summed E-state index contributed by atoms with van der Waals surface area (Å²) in [5, 5.41) is 4.38. The van der Waals surface area contributed by atoms with Crippen LogP contribution in [0.15, 0.2) is 0 Å². The van der Waals surface area contributed by atoms with Crippen LogP contribution in [0.5, 0.6) is 0 Å². The van der Waals surface area contributed by atoms with Crippen LogP contribution in [0.4, 0.5) is 0 Å². The number of hydrogen-bond donors (Lipinski definition) is 1. The quantitative estimate of drug-likeness (QED) is 0.858. The molecular weight excluding hydrogens is 280 g/mol. The topological polar surface area (TPSA) is 81.2 Å². The zero-order valence-corrected chi connectivity index (χ0v) is 13.8. The van der Waals surface area contributed by atoms with Gasteiger partial charge in [-0.15, -0.1) is 0 Å². The molecule has 0 bridgehead atoms. The Morgan fingerprint density at radius 1 is 1.32 bits per heavy atom. The van der Waals surface area contributed by atoms with E-state index in [1.54, 1.807) is 4.90 Å². The predicted molar refractivity (Wildman–Crippen MR) is 84.2 cm³/mol. The zero-order chi connectivity index (χ0) is 16.3. The Balaban J connectivity index is 2.02. The third-order valence-corrected chi connectivity index (χ3v) is 4.66. The minimum atomic E-state index is -0.436. The standard InChI is InChI=1S/C16H26N4O2/c1-11-14(12(2)19(3)18-11)8-9-16(22)20(10-15(17)21)13-6-4-5-7-13/h13H,4-10H2,1-3H3,(H2,17,21). The fraction of sp³-hybridized carbons (Fsp3) is 0.688. The highest BCUT2D eigenvalue weighted by atomic mass is 16.2. The summed E-state index contributed by atoms with van der Waals surface area (Å²) >= 11 is 0. The Kier molecular flexibility index (Phi) is 5.21. The molecule has 0 saturated heterocycles. The van der Waals surface area contributed by atoms with E-state index < -0.39 is 5.91 Å². The zero-order valence-electron chi connectivity index (χ0n) is 13.8. The van der Waals surface area contributed by atoms with Crippen LogP contribution in [0.3, 0.4) is 0 Å². The second-order valence-corrected chi connectivity index (χ2v) is 6.20. The first-order valence-electron chi connectivity index (χ1n) is 7.97. The molecule has 2 amide bonds. The lowest BCUT2D eigenvalue weighted by molar-refractivity contribution is -0.137. The number of nitrogens with zero attached hydrogens (tertiary/aromatic N) is 3. The minimum Gasteiger partial charge on any atom is -0.368 e. The molecule has 22 heavy (non-hydrogen) atoms. The molecule has 1 aliphatic rings. The summed E-state index contributed by atoms with van der Waals surface area (Å²) in [5.74, 6) is -0.414. The first-order valence-corrected chi connectivity index (χ1v) is 7.97. The van der Waals surface area contributed by atoms with Crippen molar-refractivity contribution < 1.29 is 9.59 Å². The molecule has 2 rings (SSSR count). The Hall–Kier alpha value is -1.85. The van der Waals surface area contributed by atoms with Gasteiger partial charge in [0.15, 0.2) is 0 Å². The molecule has 1 saturated carbocycles. The highest BCUT2D eigenvalue weighted by Crippen LogP contribution is 2.24. The van der Waals surface area contributed by atoms with Gasteiger partial charge in [0.2, 0.25) is 11.8 Å². The Morgan fingerprint density at radius 3 is 2.45 bits per heavy atom. The fourth-order valence-corrected chi connectivity index (χ4v) is 3.36. The minimum absolute atomic E-state index is 0.0216. The van der Waals surface area contributed by atoms with E-state index in [9.17, 15) is 9.59 Å². The molecule has 0 aliphatic heterocycles. The number of amides is 2. The molecular formula is C16H26N4O2. The first kappa shape index (κ1) is 16.5. The molecule has 1 fully saturated rings. The van der Waals surface area contributed by atoms with Crippen molar-refractivity contribution in [3.8, 4) is 0 Å². The van der Waals surface area contributed by atoms with E-state index >= 15 is 0 Å². The summed E-state index contributed by atoms with van der Waals surface area (Å²) in [6.07, 6.45) is 5.25. The van der Waals surface area contributed by atoms with Gasteiger partial charge in [-0.2, -0.15) is 5.10 Å². The highest BCUT2D eigenvalue weighted by Gasteiger charge is 2.27. The second-order valence-electron chi connectivity index (χ2n) is 6.20. The van der Waals surface area contributed by atoms with Gasteiger partial charge in [-0.25, -0.2) is 0 Å². The van der Waals surface area contributed by atoms with Crippen molar-refractivity contribution in [2.45, 2.75) is 58.4 Å².